The highest BCUT2D eigenvalue weighted by atomic mass is 35.5. The molecule has 0 atom stereocenters. The summed E-state index contributed by atoms with van der Waals surface area (Å²) >= 11 is 5.70. The summed E-state index contributed by atoms with van der Waals surface area (Å²) in [7, 11) is -2.38. The Labute approximate surface area is 128 Å². The Morgan fingerprint density at radius 3 is 2.52 bits per heavy atom. The van der Waals surface area contributed by atoms with Crippen molar-refractivity contribution in [2.24, 2.45) is 0 Å². The van der Waals surface area contributed by atoms with Crippen molar-refractivity contribution in [1.29, 1.82) is 0 Å². The van der Waals surface area contributed by atoms with E-state index in [-0.39, 0.29) is 29.1 Å². The van der Waals surface area contributed by atoms with Gasteiger partial charge in [-0.15, -0.1) is 0 Å². The van der Waals surface area contributed by atoms with Crippen molar-refractivity contribution in [2.75, 3.05) is 20.3 Å². The lowest BCUT2D eigenvalue weighted by atomic mass is 10.3. The molecule has 0 aliphatic rings. The van der Waals surface area contributed by atoms with Crippen LogP contribution in [0.3, 0.4) is 0 Å². The van der Waals surface area contributed by atoms with Crippen LogP contribution in [0.2, 0.25) is 5.02 Å². The van der Waals surface area contributed by atoms with E-state index in [0.29, 0.717) is 0 Å². The van der Waals surface area contributed by atoms with Crippen LogP contribution in [-0.4, -0.2) is 43.9 Å². The summed E-state index contributed by atoms with van der Waals surface area (Å²) in [6.45, 7) is 3.83. The second-order valence-electron chi connectivity index (χ2n) is 4.57. The van der Waals surface area contributed by atoms with Gasteiger partial charge in [0.05, 0.1) is 16.4 Å². The van der Waals surface area contributed by atoms with Gasteiger partial charge in [0.15, 0.2) is 0 Å². The summed E-state index contributed by atoms with van der Waals surface area (Å²) in [5.74, 6) is 0. The second kappa shape index (κ2) is 7.17. The fourth-order valence-electron chi connectivity index (χ4n) is 1.77. The van der Waals surface area contributed by atoms with Crippen LogP contribution in [0.1, 0.15) is 13.8 Å². The average molecular weight is 337 g/mol. The van der Waals surface area contributed by atoms with Crippen LogP contribution in [0.15, 0.2) is 23.1 Å². The predicted octanol–water partition coefficient (Wildman–Crippen LogP) is 2.29. The third-order valence-electron chi connectivity index (χ3n) is 2.81. The van der Waals surface area contributed by atoms with Crippen LogP contribution < -0.4 is 0 Å². The maximum absolute atomic E-state index is 12.6. The first-order valence-corrected chi connectivity index (χ1v) is 7.98. The van der Waals surface area contributed by atoms with E-state index < -0.39 is 20.6 Å². The van der Waals surface area contributed by atoms with Crippen molar-refractivity contribution in [3.63, 3.8) is 0 Å². The Kier molecular flexibility index (Phi) is 6.09. The van der Waals surface area contributed by atoms with Gasteiger partial charge in [-0.25, -0.2) is 8.42 Å². The molecule has 0 heterocycles. The zero-order valence-corrected chi connectivity index (χ0v) is 13.5. The lowest BCUT2D eigenvalue weighted by Crippen LogP contribution is -2.39. The standard InChI is InChI=1S/C12H17ClN2O5S/c1-9(2)14(6-7-20-3)21(18,19)10-4-5-11(13)12(8-10)15(16)17/h4-5,8-9H,6-7H2,1-3H3. The summed E-state index contributed by atoms with van der Waals surface area (Å²) < 4.78 is 31.3. The van der Waals surface area contributed by atoms with Gasteiger partial charge in [-0.05, 0) is 26.0 Å². The zero-order valence-electron chi connectivity index (χ0n) is 11.9. The molecule has 0 aliphatic heterocycles. The first kappa shape index (κ1) is 17.8. The molecule has 7 nitrogen and oxygen atoms in total. The van der Waals surface area contributed by atoms with Crippen LogP contribution in [0.25, 0.3) is 0 Å². The summed E-state index contributed by atoms with van der Waals surface area (Å²) in [6.07, 6.45) is 0. The molecule has 1 aromatic rings. The summed E-state index contributed by atoms with van der Waals surface area (Å²) in [4.78, 5) is 9.99. The van der Waals surface area contributed by atoms with Crippen LogP contribution in [0.5, 0.6) is 0 Å². The number of methoxy groups -OCH3 is 1. The van der Waals surface area contributed by atoms with E-state index >= 15 is 0 Å². The molecule has 1 rings (SSSR count). The molecule has 0 aromatic heterocycles. The number of rotatable bonds is 7. The summed E-state index contributed by atoms with van der Waals surface area (Å²) in [6, 6.07) is 3.13. The monoisotopic (exact) mass is 336 g/mol. The topological polar surface area (TPSA) is 89.8 Å². The van der Waals surface area contributed by atoms with Gasteiger partial charge in [-0.1, -0.05) is 11.6 Å². The first-order valence-electron chi connectivity index (χ1n) is 6.16. The quantitative estimate of drug-likeness (QED) is 0.563. The van der Waals surface area contributed by atoms with Gasteiger partial charge in [-0.2, -0.15) is 4.31 Å². The van der Waals surface area contributed by atoms with E-state index in [2.05, 4.69) is 0 Å². The lowest BCUT2D eigenvalue weighted by Gasteiger charge is -2.25. The van der Waals surface area contributed by atoms with Gasteiger partial charge in [0, 0.05) is 25.8 Å². The van der Waals surface area contributed by atoms with Gasteiger partial charge < -0.3 is 4.74 Å². The average Bonchev–Trinajstić information content (AvgIpc) is 2.38. The lowest BCUT2D eigenvalue weighted by molar-refractivity contribution is -0.384. The van der Waals surface area contributed by atoms with E-state index in [1.807, 2.05) is 0 Å². The van der Waals surface area contributed by atoms with E-state index in [1.54, 1.807) is 13.8 Å². The molecule has 9 heteroatoms. The molecule has 21 heavy (non-hydrogen) atoms. The third-order valence-corrected chi connectivity index (χ3v) is 5.20. The second-order valence-corrected chi connectivity index (χ2v) is 6.87. The van der Waals surface area contributed by atoms with Gasteiger partial charge in [0.1, 0.15) is 5.02 Å². The molecule has 118 valence electrons. The largest absolute Gasteiger partial charge is 0.383 e. The molecule has 0 saturated carbocycles. The summed E-state index contributed by atoms with van der Waals surface area (Å²) in [5.41, 5.74) is -0.437. The van der Waals surface area contributed by atoms with Gasteiger partial charge in [0.25, 0.3) is 5.69 Å². The number of halogens is 1. The third kappa shape index (κ3) is 4.13. The van der Waals surface area contributed by atoms with Crippen molar-refractivity contribution in [3.8, 4) is 0 Å². The summed E-state index contributed by atoms with van der Waals surface area (Å²) in [5, 5.41) is 10.8. The first-order chi connectivity index (χ1) is 9.71. The normalized spacial score (nSPS) is 12.1. The number of nitro groups is 1. The molecule has 0 aliphatic carbocycles. The van der Waals surface area contributed by atoms with Crippen molar-refractivity contribution in [3.05, 3.63) is 33.3 Å². The maximum Gasteiger partial charge on any atom is 0.289 e. The zero-order chi connectivity index (χ0) is 16.2. The number of nitrogens with zero attached hydrogens (tertiary/aromatic N) is 2. The van der Waals surface area contributed by atoms with E-state index in [4.69, 9.17) is 16.3 Å². The fraction of sp³-hybridized carbons (Fsp3) is 0.500. The minimum atomic E-state index is -3.86. The van der Waals surface area contributed by atoms with E-state index in [1.165, 1.54) is 23.5 Å². The van der Waals surface area contributed by atoms with Crippen molar-refractivity contribution < 1.29 is 18.1 Å². The minimum absolute atomic E-state index is 0.105. The number of nitro benzene ring substituents is 1. The molecule has 0 amide bonds. The molecule has 0 bridgehead atoms. The van der Waals surface area contributed by atoms with Crippen molar-refractivity contribution >= 4 is 27.3 Å². The molecule has 0 saturated heterocycles. The SMILES string of the molecule is COCCN(C(C)C)S(=O)(=O)c1ccc(Cl)c([N+](=O)[O-])c1. The van der Waals surface area contributed by atoms with Crippen molar-refractivity contribution in [1.82, 2.24) is 4.31 Å². The predicted molar refractivity (Wildman–Crippen MR) is 79.0 cm³/mol. The fourth-order valence-corrected chi connectivity index (χ4v) is 3.59. The molecule has 0 N–H and O–H groups in total. The molecule has 1 aromatic carbocycles. The number of benzene rings is 1. The van der Waals surface area contributed by atoms with Crippen molar-refractivity contribution in [2.45, 2.75) is 24.8 Å². The van der Waals surface area contributed by atoms with Crippen LogP contribution in [-0.2, 0) is 14.8 Å². The number of hydrogen-bond acceptors (Lipinski definition) is 5. The number of sulfonamides is 1. The Hall–Kier alpha value is -1.22. The van der Waals surface area contributed by atoms with E-state index in [0.717, 1.165) is 6.07 Å². The van der Waals surface area contributed by atoms with E-state index in [9.17, 15) is 18.5 Å². The van der Waals surface area contributed by atoms with Crippen LogP contribution in [0, 0.1) is 10.1 Å². The Balaban J connectivity index is 3.28. The molecule has 0 radical (unpaired) electrons. The highest BCUT2D eigenvalue weighted by Crippen LogP contribution is 2.29. The molecule has 0 spiro atoms. The number of hydrogen-bond donors (Lipinski definition) is 0. The Morgan fingerprint density at radius 2 is 2.05 bits per heavy atom. The molecule has 0 fully saturated rings. The maximum atomic E-state index is 12.6. The Morgan fingerprint density at radius 1 is 1.43 bits per heavy atom. The molecule has 0 unspecified atom stereocenters. The number of ether oxygens (including phenoxy) is 1. The van der Waals surface area contributed by atoms with Crippen LogP contribution >= 0.6 is 11.6 Å². The van der Waals surface area contributed by atoms with Gasteiger partial charge in [0.2, 0.25) is 10.0 Å². The molecular weight excluding hydrogens is 320 g/mol. The highest BCUT2D eigenvalue weighted by Gasteiger charge is 2.28. The Bertz CT molecular complexity index is 618. The minimum Gasteiger partial charge on any atom is -0.383 e. The molecular formula is C12H17ClN2O5S. The van der Waals surface area contributed by atoms with Gasteiger partial charge in [-0.3, -0.25) is 10.1 Å². The highest BCUT2D eigenvalue weighted by molar-refractivity contribution is 7.89. The smallest absolute Gasteiger partial charge is 0.289 e. The van der Waals surface area contributed by atoms with Crippen LogP contribution in [0.4, 0.5) is 5.69 Å². The van der Waals surface area contributed by atoms with Gasteiger partial charge >= 0.3 is 0 Å².